The molecule has 2 nitrogen and oxygen atoms in total. The minimum Gasteiger partial charge on any atom is -0.311 e. The number of rotatable bonds is 2. The summed E-state index contributed by atoms with van der Waals surface area (Å²) >= 11 is 2.06. The van der Waals surface area contributed by atoms with Crippen LogP contribution >= 0.6 is 11.3 Å². The van der Waals surface area contributed by atoms with Crippen molar-refractivity contribution in [3.05, 3.63) is 122 Å². The van der Waals surface area contributed by atoms with Gasteiger partial charge in [0.1, 0.15) is 0 Å². The van der Waals surface area contributed by atoms with Crippen LogP contribution in [0.4, 0.5) is 33.4 Å². The Morgan fingerprint density at radius 1 is 0.443 bits per heavy atom. The average molecular weight is 947 g/mol. The zero-order valence-electron chi connectivity index (χ0n) is 47.0. The molecule has 0 bridgehead atoms. The molecule has 70 heavy (non-hydrogen) atoms. The molecule has 0 amide bonds. The summed E-state index contributed by atoms with van der Waals surface area (Å²) in [6, 6.07) is 28.7. The highest BCUT2D eigenvalue weighted by Gasteiger charge is 2.50. The van der Waals surface area contributed by atoms with E-state index in [-0.39, 0.29) is 50.0 Å². The molecule has 4 heteroatoms. The lowest BCUT2D eigenvalue weighted by Crippen LogP contribution is -2.61. The summed E-state index contributed by atoms with van der Waals surface area (Å²) < 4.78 is 1.43. The van der Waals surface area contributed by atoms with Crippen molar-refractivity contribution in [1.29, 1.82) is 0 Å². The van der Waals surface area contributed by atoms with Crippen molar-refractivity contribution < 1.29 is 0 Å². The molecule has 0 spiro atoms. The summed E-state index contributed by atoms with van der Waals surface area (Å²) in [4.78, 5) is 5.55. The van der Waals surface area contributed by atoms with Crippen LogP contribution in [-0.2, 0) is 43.3 Å². The molecule has 11 rings (SSSR count). The van der Waals surface area contributed by atoms with E-state index in [0.717, 1.165) is 0 Å². The Hall–Kier alpha value is -4.28. The number of fused-ring (bicyclic) bond motifs is 9. The molecule has 0 unspecified atom stereocenters. The summed E-state index contributed by atoms with van der Waals surface area (Å²) in [5, 5.41) is 2.85. The predicted molar refractivity (Wildman–Crippen MR) is 309 cm³/mol. The molecule has 2 aliphatic heterocycles. The summed E-state index contributed by atoms with van der Waals surface area (Å²) in [6.45, 7) is 49.2. The van der Waals surface area contributed by atoms with Gasteiger partial charge in [0.2, 0.25) is 0 Å². The fourth-order valence-corrected chi connectivity index (χ4v) is 15.3. The average Bonchev–Trinajstić information content (AvgIpc) is 3.62. The molecule has 6 aromatic rings. The van der Waals surface area contributed by atoms with Crippen molar-refractivity contribution in [3.63, 3.8) is 0 Å². The van der Waals surface area contributed by atoms with E-state index < -0.39 is 0 Å². The quantitative estimate of drug-likeness (QED) is 0.159. The van der Waals surface area contributed by atoms with Crippen LogP contribution in [0.1, 0.15) is 219 Å². The SMILES string of the molecule is Cc1cc(C(C)(C)C)cc(C)c1N1c2cc3c(cc2B2c4c(cc(C(C)(C)C)cc41)N(c1ccc4c(c1)C(C)(C)CCC4(C)C)c1sc4cc5c(cc4c12)C(C)(C)CCC5(C)C)C(C)(C)CCC3(C)C. The first-order chi connectivity index (χ1) is 32.2. The first-order valence-electron chi connectivity index (χ1n) is 27.1. The van der Waals surface area contributed by atoms with E-state index in [1.807, 2.05) is 0 Å². The van der Waals surface area contributed by atoms with Crippen molar-refractivity contribution in [2.45, 2.75) is 220 Å². The first-order valence-corrected chi connectivity index (χ1v) is 27.9. The van der Waals surface area contributed by atoms with Gasteiger partial charge in [-0.15, -0.1) is 11.3 Å². The van der Waals surface area contributed by atoms with E-state index in [1.165, 1.54) is 137 Å². The minimum absolute atomic E-state index is 0.0392. The van der Waals surface area contributed by atoms with Gasteiger partial charge in [-0.3, -0.25) is 0 Å². The Balaban J connectivity index is 1.33. The van der Waals surface area contributed by atoms with Crippen LogP contribution < -0.4 is 26.2 Å². The van der Waals surface area contributed by atoms with E-state index in [9.17, 15) is 0 Å². The maximum absolute atomic E-state index is 2.78. The second-order valence-electron chi connectivity index (χ2n) is 29.2. The van der Waals surface area contributed by atoms with Crippen LogP contribution in [0.5, 0.6) is 0 Å². The van der Waals surface area contributed by atoms with Crippen LogP contribution in [0.2, 0.25) is 0 Å². The maximum atomic E-state index is 2.78. The Bertz CT molecular complexity index is 3200. The molecule has 0 atom stereocenters. The molecule has 0 saturated carbocycles. The molecule has 3 aliphatic carbocycles. The summed E-state index contributed by atoms with van der Waals surface area (Å²) in [7, 11) is 0. The van der Waals surface area contributed by atoms with Gasteiger partial charge in [0, 0.05) is 27.4 Å². The van der Waals surface area contributed by atoms with Gasteiger partial charge in [0.15, 0.2) is 0 Å². The molecule has 5 aromatic carbocycles. The monoisotopic (exact) mass is 947 g/mol. The van der Waals surface area contributed by atoms with E-state index >= 15 is 0 Å². The fraction of sp³-hybridized carbons (Fsp3) is 0.515. The van der Waals surface area contributed by atoms with E-state index in [2.05, 4.69) is 226 Å². The van der Waals surface area contributed by atoms with Crippen LogP contribution in [0.15, 0.2) is 66.7 Å². The second kappa shape index (κ2) is 14.7. The molecule has 0 fully saturated rings. The molecular weight excluding hydrogens is 864 g/mol. The topological polar surface area (TPSA) is 6.48 Å². The molecule has 0 N–H and O–H groups in total. The van der Waals surface area contributed by atoms with Crippen molar-refractivity contribution in [1.82, 2.24) is 0 Å². The Labute approximate surface area is 428 Å². The standard InChI is InChI=1S/C66H83BN2S/c1-38-29-40(59(3,4)5)30-39(2)57(38)69-51-36-48-47(64(15,16)26-27-65(48,17)18)35-50(51)67-55-43-34-46-49(66(19,20)28-25-63(46,13)14)37-54(43)70-58(55)68(52-31-41(60(6,7)8)32-53(69)56(52)67)42-21-22-44-45(33-42)62(11,12)24-23-61(44,9)10/h21-22,29-37H,23-28H2,1-20H3. The van der Waals surface area contributed by atoms with Crippen molar-refractivity contribution >= 4 is 78.0 Å². The number of aryl methyl sites for hydroxylation is 2. The normalized spacial score (nSPS) is 20.8. The van der Waals surface area contributed by atoms with Crippen LogP contribution in [0.25, 0.3) is 10.1 Å². The van der Waals surface area contributed by atoms with Gasteiger partial charge >= 0.3 is 0 Å². The van der Waals surface area contributed by atoms with Crippen molar-refractivity contribution in [3.8, 4) is 0 Å². The van der Waals surface area contributed by atoms with Crippen molar-refractivity contribution in [2.75, 3.05) is 9.80 Å². The van der Waals surface area contributed by atoms with Gasteiger partial charge in [-0.25, -0.2) is 0 Å². The third kappa shape index (κ3) is 6.97. The summed E-state index contributed by atoms with van der Waals surface area (Å²) in [6.07, 6.45) is 7.18. The van der Waals surface area contributed by atoms with Crippen LogP contribution in [0, 0.1) is 13.8 Å². The van der Waals surface area contributed by atoms with Crippen LogP contribution in [0.3, 0.4) is 0 Å². The molecule has 1 aromatic heterocycles. The van der Waals surface area contributed by atoms with E-state index in [4.69, 9.17) is 0 Å². The lowest BCUT2D eigenvalue weighted by atomic mass is 9.33. The van der Waals surface area contributed by atoms with Gasteiger partial charge in [-0.2, -0.15) is 0 Å². The third-order valence-electron chi connectivity index (χ3n) is 19.2. The highest BCUT2D eigenvalue weighted by atomic mass is 32.1. The van der Waals surface area contributed by atoms with Gasteiger partial charge in [0.05, 0.1) is 10.7 Å². The number of nitrogens with zero attached hydrogens (tertiary/aromatic N) is 2. The van der Waals surface area contributed by atoms with E-state index in [0.29, 0.717) is 0 Å². The third-order valence-corrected chi connectivity index (χ3v) is 20.3. The molecule has 5 aliphatic rings. The molecule has 0 saturated heterocycles. The second-order valence-corrected chi connectivity index (χ2v) is 30.2. The zero-order valence-corrected chi connectivity index (χ0v) is 47.8. The Morgan fingerprint density at radius 3 is 1.39 bits per heavy atom. The molecule has 0 radical (unpaired) electrons. The largest absolute Gasteiger partial charge is 0.311 e. The number of benzene rings is 5. The highest BCUT2D eigenvalue weighted by Crippen LogP contribution is 2.56. The lowest BCUT2D eigenvalue weighted by molar-refractivity contribution is 0.332. The minimum atomic E-state index is -0.0980. The highest BCUT2D eigenvalue weighted by molar-refractivity contribution is 7.26. The summed E-state index contributed by atoms with van der Waals surface area (Å²) in [5.74, 6) is 0. The molecule has 3 heterocycles. The lowest BCUT2D eigenvalue weighted by Gasteiger charge is -2.48. The van der Waals surface area contributed by atoms with Gasteiger partial charge in [-0.05, 0) is 216 Å². The Morgan fingerprint density at radius 2 is 0.871 bits per heavy atom. The smallest absolute Gasteiger partial charge is 0.254 e. The summed E-state index contributed by atoms with van der Waals surface area (Å²) in [5.41, 5.74) is 26.2. The Kier molecular flexibility index (Phi) is 10.1. The number of anilines is 6. The fourth-order valence-electron chi connectivity index (χ4n) is 14.0. The molecular formula is C66H83BN2S. The van der Waals surface area contributed by atoms with Gasteiger partial charge in [0.25, 0.3) is 6.71 Å². The zero-order chi connectivity index (χ0) is 50.6. The van der Waals surface area contributed by atoms with E-state index in [1.54, 1.807) is 16.7 Å². The number of hydrogen-bond acceptors (Lipinski definition) is 3. The van der Waals surface area contributed by atoms with Gasteiger partial charge < -0.3 is 9.80 Å². The van der Waals surface area contributed by atoms with Gasteiger partial charge in [-0.1, -0.05) is 149 Å². The first kappa shape index (κ1) is 48.0. The molecule has 366 valence electrons. The maximum Gasteiger partial charge on any atom is 0.254 e. The van der Waals surface area contributed by atoms with Crippen molar-refractivity contribution in [2.24, 2.45) is 0 Å². The van der Waals surface area contributed by atoms with Crippen LogP contribution in [-0.4, -0.2) is 6.71 Å². The number of thiophene rings is 1. The number of hydrogen-bond donors (Lipinski definition) is 0. The predicted octanol–water partition coefficient (Wildman–Crippen LogP) is 17.2.